The minimum Gasteiger partial charge on any atom is -0.478 e. The van der Waals surface area contributed by atoms with Gasteiger partial charge in [-0.15, -0.1) is 0 Å². The van der Waals surface area contributed by atoms with Gasteiger partial charge in [0.25, 0.3) is 0 Å². The molecule has 0 amide bonds. The van der Waals surface area contributed by atoms with E-state index in [2.05, 4.69) is 15.3 Å². The van der Waals surface area contributed by atoms with E-state index in [1.165, 1.54) is 24.3 Å². The van der Waals surface area contributed by atoms with Crippen LogP contribution in [0.1, 0.15) is 40.5 Å². The lowest BCUT2D eigenvalue weighted by Crippen LogP contribution is -2.12. The third kappa shape index (κ3) is 3.58. The van der Waals surface area contributed by atoms with Crippen molar-refractivity contribution in [3.8, 4) is 0 Å². The summed E-state index contributed by atoms with van der Waals surface area (Å²) in [5.74, 6) is -1.18. The molecule has 2 N–H and O–H groups in total. The first-order valence-corrected chi connectivity index (χ1v) is 6.89. The average molecular weight is 323 g/mol. The molecule has 0 spiro atoms. The van der Waals surface area contributed by atoms with Crippen LogP contribution in [-0.2, 0) is 6.18 Å². The molecule has 8 heteroatoms. The number of rotatable bonds is 4. The Balaban J connectivity index is 1.89. The van der Waals surface area contributed by atoms with Gasteiger partial charge in [0.2, 0.25) is 5.95 Å². The minimum absolute atomic E-state index is 0.0500. The minimum atomic E-state index is -4.55. The van der Waals surface area contributed by atoms with Crippen molar-refractivity contribution in [2.75, 3.05) is 5.32 Å². The quantitative estimate of drug-likeness (QED) is 0.895. The second-order valence-corrected chi connectivity index (χ2v) is 5.28. The normalized spacial score (nSPS) is 14.6. The van der Waals surface area contributed by atoms with Crippen molar-refractivity contribution in [2.45, 2.75) is 24.9 Å². The van der Waals surface area contributed by atoms with E-state index in [9.17, 15) is 18.0 Å². The van der Waals surface area contributed by atoms with E-state index in [1.54, 1.807) is 0 Å². The molecule has 1 fully saturated rings. The van der Waals surface area contributed by atoms with E-state index in [-0.39, 0.29) is 17.4 Å². The van der Waals surface area contributed by atoms with Crippen LogP contribution in [0.2, 0.25) is 0 Å². The maximum atomic E-state index is 12.9. The number of anilines is 2. The number of hydrogen-bond acceptors (Lipinski definition) is 4. The van der Waals surface area contributed by atoms with Crippen LogP contribution in [0.15, 0.2) is 30.3 Å². The number of nitrogens with one attached hydrogen (secondary N) is 1. The SMILES string of the molecule is O=C(O)c1ccc(Nc2nc(C3CC3)cc(C(F)(F)F)n2)cc1. The van der Waals surface area contributed by atoms with Crippen LogP contribution < -0.4 is 5.32 Å². The van der Waals surface area contributed by atoms with Crippen LogP contribution in [0.3, 0.4) is 0 Å². The fourth-order valence-corrected chi connectivity index (χ4v) is 2.08. The lowest BCUT2D eigenvalue weighted by atomic mass is 10.2. The second-order valence-electron chi connectivity index (χ2n) is 5.28. The Labute approximate surface area is 129 Å². The maximum absolute atomic E-state index is 12.9. The van der Waals surface area contributed by atoms with Gasteiger partial charge in [-0.05, 0) is 43.2 Å². The third-order valence-electron chi connectivity index (χ3n) is 3.42. The molecule has 1 aromatic carbocycles. The summed E-state index contributed by atoms with van der Waals surface area (Å²) in [6, 6.07) is 6.57. The predicted octanol–water partition coefficient (Wildman–Crippen LogP) is 3.81. The lowest BCUT2D eigenvalue weighted by Gasteiger charge is -2.11. The summed E-state index contributed by atoms with van der Waals surface area (Å²) in [5.41, 5.74) is -0.119. The summed E-state index contributed by atoms with van der Waals surface area (Å²) in [4.78, 5) is 18.4. The average Bonchev–Trinajstić information content (AvgIpc) is 3.31. The van der Waals surface area contributed by atoms with Crippen molar-refractivity contribution in [3.63, 3.8) is 0 Å². The van der Waals surface area contributed by atoms with Crippen molar-refractivity contribution >= 4 is 17.6 Å². The van der Waals surface area contributed by atoms with E-state index in [0.29, 0.717) is 11.4 Å². The highest BCUT2D eigenvalue weighted by molar-refractivity contribution is 5.88. The monoisotopic (exact) mass is 323 g/mol. The molecule has 1 saturated carbocycles. The molecule has 23 heavy (non-hydrogen) atoms. The number of carbonyl (C=O) groups is 1. The number of halogens is 3. The molecular weight excluding hydrogens is 311 g/mol. The number of alkyl halides is 3. The van der Waals surface area contributed by atoms with Crippen molar-refractivity contribution in [2.24, 2.45) is 0 Å². The van der Waals surface area contributed by atoms with Gasteiger partial charge < -0.3 is 10.4 Å². The number of benzene rings is 1. The molecule has 0 bridgehead atoms. The van der Waals surface area contributed by atoms with Crippen LogP contribution in [0, 0.1) is 0 Å². The smallest absolute Gasteiger partial charge is 0.433 e. The maximum Gasteiger partial charge on any atom is 0.433 e. The molecule has 1 aliphatic rings. The van der Waals surface area contributed by atoms with Gasteiger partial charge in [-0.25, -0.2) is 14.8 Å². The van der Waals surface area contributed by atoms with Gasteiger partial charge in [0.05, 0.1) is 5.56 Å². The Morgan fingerprint density at radius 2 is 1.83 bits per heavy atom. The van der Waals surface area contributed by atoms with E-state index in [1.807, 2.05) is 0 Å². The number of hydrogen-bond donors (Lipinski definition) is 2. The molecule has 0 atom stereocenters. The number of carboxylic acids is 1. The van der Waals surface area contributed by atoms with Gasteiger partial charge in [-0.1, -0.05) is 0 Å². The molecule has 0 unspecified atom stereocenters. The van der Waals surface area contributed by atoms with Crippen molar-refractivity contribution in [1.29, 1.82) is 0 Å². The zero-order valence-corrected chi connectivity index (χ0v) is 11.8. The lowest BCUT2D eigenvalue weighted by molar-refractivity contribution is -0.141. The fourth-order valence-electron chi connectivity index (χ4n) is 2.08. The zero-order valence-electron chi connectivity index (χ0n) is 11.8. The van der Waals surface area contributed by atoms with Crippen molar-refractivity contribution < 1.29 is 23.1 Å². The van der Waals surface area contributed by atoms with Crippen molar-refractivity contribution in [3.05, 3.63) is 47.3 Å². The summed E-state index contributed by atoms with van der Waals surface area (Å²) >= 11 is 0. The van der Waals surface area contributed by atoms with E-state index < -0.39 is 17.8 Å². The molecule has 5 nitrogen and oxygen atoms in total. The number of aromatic nitrogens is 2. The predicted molar refractivity (Wildman–Crippen MR) is 75.7 cm³/mol. The Morgan fingerprint density at radius 3 is 2.35 bits per heavy atom. The Morgan fingerprint density at radius 1 is 1.17 bits per heavy atom. The van der Waals surface area contributed by atoms with Gasteiger partial charge in [-0.2, -0.15) is 13.2 Å². The topological polar surface area (TPSA) is 75.1 Å². The highest BCUT2D eigenvalue weighted by Crippen LogP contribution is 2.41. The summed E-state index contributed by atoms with van der Waals surface area (Å²) in [7, 11) is 0. The standard InChI is InChI=1S/C15H12F3N3O2/c16-15(17,18)12-7-11(8-1-2-8)20-14(21-12)19-10-5-3-9(4-6-10)13(22)23/h3-8H,1-2H2,(H,22,23)(H,19,20,21). The van der Waals surface area contributed by atoms with Gasteiger partial charge in [-0.3, -0.25) is 0 Å². The third-order valence-corrected chi connectivity index (χ3v) is 3.42. The molecule has 2 aromatic rings. The van der Waals surface area contributed by atoms with E-state index >= 15 is 0 Å². The van der Waals surface area contributed by atoms with Gasteiger partial charge in [0.1, 0.15) is 5.69 Å². The number of carboxylic acid groups (broad SMARTS) is 1. The van der Waals surface area contributed by atoms with Crippen LogP contribution in [0.25, 0.3) is 0 Å². The largest absolute Gasteiger partial charge is 0.478 e. The fraction of sp³-hybridized carbons (Fsp3) is 0.267. The molecule has 1 heterocycles. The molecule has 0 aliphatic heterocycles. The second kappa shape index (κ2) is 5.53. The van der Waals surface area contributed by atoms with Gasteiger partial charge in [0.15, 0.2) is 0 Å². The first-order chi connectivity index (χ1) is 10.8. The van der Waals surface area contributed by atoms with Crippen LogP contribution in [0.5, 0.6) is 0 Å². The highest BCUT2D eigenvalue weighted by Gasteiger charge is 2.36. The Bertz CT molecular complexity index is 741. The van der Waals surface area contributed by atoms with Gasteiger partial charge in [0, 0.05) is 17.3 Å². The molecule has 3 rings (SSSR count). The molecule has 0 saturated heterocycles. The summed E-state index contributed by atoms with van der Waals surface area (Å²) in [6.07, 6.45) is -2.90. The molecule has 120 valence electrons. The summed E-state index contributed by atoms with van der Waals surface area (Å²) in [6.45, 7) is 0. The van der Waals surface area contributed by atoms with Crippen LogP contribution in [0.4, 0.5) is 24.8 Å². The summed E-state index contributed by atoms with van der Waals surface area (Å²) in [5, 5.41) is 11.5. The first kappa shape index (κ1) is 15.3. The molecular formula is C15H12F3N3O2. The van der Waals surface area contributed by atoms with Crippen LogP contribution >= 0.6 is 0 Å². The van der Waals surface area contributed by atoms with Crippen LogP contribution in [-0.4, -0.2) is 21.0 Å². The number of nitrogens with zero attached hydrogens (tertiary/aromatic N) is 2. The molecule has 1 aliphatic carbocycles. The zero-order chi connectivity index (χ0) is 16.6. The van der Waals surface area contributed by atoms with E-state index in [4.69, 9.17) is 5.11 Å². The van der Waals surface area contributed by atoms with Crippen molar-refractivity contribution in [1.82, 2.24) is 9.97 Å². The Hall–Kier alpha value is -2.64. The van der Waals surface area contributed by atoms with E-state index in [0.717, 1.165) is 18.9 Å². The van der Waals surface area contributed by atoms with Gasteiger partial charge >= 0.3 is 12.1 Å². The Kier molecular flexibility index (Phi) is 3.67. The molecule has 1 aromatic heterocycles. The first-order valence-electron chi connectivity index (χ1n) is 6.89. The number of aromatic carboxylic acids is 1. The summed E-state index contributed by atoms with van der Waals surface area (Å²) < 4.78 is 38.8. The molecule has 0 radical (unpaired) electrons. The highest BCUT2D eigenvalue weighted by atomic mass is 19.4.